The Kier molecular flexibility index (Phi) is 5.47. The quantitative estimate of drug-likeness (QED) is 0.709. The summed E-state index contributed by atoms with van der Waals surface area (Å²) in [6.45, 7) is 5.45. The number of hydrogen-bond acceptors (Lipinski definition) is 4. The highest BCUT2D eigenvalue weighted by molar-refractivity contribution is 5.91. The molecule has 1 aliphatic rings. The Hall–Kier alpha value is -1.43. The molecule has 0 saturated carbocycles. The van der Waals surface area contributed by atoms with E-state index in [1.165, 1.54) is 0 Å². The minimum atomic E-state index is -0.545. The second-order valence-electron chi connectivity index (χ2n) is 5.23. The van der Waals surface area contributed by atoms with Gasteiger partial charge in [0.2, 0.25) is 11.8 Å². The Morgan fingerprint density at radius 2 is 2.11 bits per heavy atom. The van der Waals surface area contributed by atoms with E-state index < -0.39 is 6.04 Å². The number of nitrogens with one attached hydrogen (secondary N) is 1. The summed E-state index contributed by atoms with van der Waals surface area (Å²) in [4.78, 5) is 34.2. The van der Waals surface area contributed by atoms with E-state index in [1.807, 2.05) is 6.92 Å². The van der Waals surface area contributed by atoms with Gasteiger partial charge in [-0.05, 0) is 19.3 Å². The molecule has 6 nitrogen and oxygen atoms in total. The first kappa shape index (κ1) is 15.6. The molecule has 3 N–H and O–H groups in total. The van der Waals surface area contributed by atoms with Crippen LogP contribution in [0.25, 0.3) is 0 Å². The molecule has 0 aromatic carbocycles. The number of Topliss-reactive ketones (excluding diaryl/α,β-unsaturated/α-hetero) is 1. The molecule has 0 aliphatic carbocycles. The molecule has 1 fully saturated rings. The molecule has 6 heteroatoms. The predicted molar refractivity (Wildman–Crippen MR) is 69.1 cm³/mol. The number of primary amides is 1. The van der Waals surface area contributed by atoms with Crippen LogP contribution >= 0.6 is 0 Å². The Labute approximate surface area is 113 Å². The van der Waals surface area contributed by atoms with Crippen molar-refractivity contribution >= 4 is 17.6 Å². The first-order chi connectivity index (χ1) is 8.82. The molecule has 0 bridgehead atoms. The Morgan fingerprint density at radius 3 is 2.58 bits per heavy atom. The molecule has 19 heavy (non-hydrogen) atoms. The fraction of sp³-hybridized carbons (Fsp3) is 0.769. The summed E-state index contributed by atoms with van der Waals surface area (Å²) in [5.74, 6) is -0.876. The first-order valence-corrected chi connectivity index (χ1v) is 6.56. The lowest BCUT2D eigenvalue weighted by molar-refractivity contribution is -0.127. The minimum Gasteiger partial charge on any atom is -0.369 e. The van der Waals surface area contributed by atoms with Crippen molar-refractivity contribution in [2.75, 3.05) is 6.61 Å². The average Bonchev–Trinajstić information content (AvgIpc) is 2.66. The Bertz CT molecular complexity index is 370. The summed E-state index contributed by atoms with van der Waals surface area (Å²) in [7, 11) is 0. The van der Waals surface area contributed by atoms with Gasteiger partial charge < -0.3 is 15.8 Å². The van der Waals surface area contributed by atoms with Gasteiger partial charge in [0, 0.05) is 12.3 Å². The van der Waals surface area contributed by atoms with Crippen molar-refractivity contribution in [1.82, 2.24) is 5.32 Å². The lowest BCUT2D eigenvalue weighted by atomic mass is 9.91. The first-order valence-electron chi connectivity index (χ1n) is 6.56. The van der Waals surface area contributed by atoms with E-state index in [2.05, 4.69) is 5.32 Å². The van der Waals surface area contributed by atoms with Gasteiger partial charge in [-0.1, -0.05) is 13.8 Å². The standard InChI is InChI=1S/C13H22N2O4/c1-7(8(2)13(14)18)4-5-11(17)15-12-9(3)19-6-10(12)16/h7-9,12H,4-6H2,1-3H3,(H2,14,18)(H,15,17)/t7-,8?,9-,12?/m0/s1. The van der Waals surface area contributed by atoms with Gasteiger partial charge in [0.25, 0.3) is 0 Å². The van der Waals surface area contributed by atoms with Gasteiger partial charge >= 0.3 is 0 Å². The summed E-state index contributed by atoms with van der Waals surface area (Å²) < 4.78 is 5.15. The number of carbonyl (C=O) groups is 3. The lowest BCUT2D eigenvalue weighted by Crippen LogP contribution is -2.43. The van der Waals surface area contributed by atoms with Crippen LogP contribution in [0, 0.1) is 11.8 Å². The number of nitrogens with two attached hydrogens (primary N) is 1. The van der Waals surface area contributed by atoms with Crippen molar-refractivity contribution in [2.45, 2.75) is 45.8 Å². The Morgan fingerprint density at radius 1 is 1.47 bits per heavy atom. The molecule has 0 aromatic heterocycles. The normalized spacial score (nSPS) is 25.9. The maximum atomic E-state index is 11.8. The third-order valence-electron chi connectivity index (χ3n) is 3.75. The zero-order valence-electron chi connectivity index (χ0n) is 11.6. The number of hydrogen-bond donors (Lipinski definition) is 2. The second kappa shape index (κ2) is 6.65. The zero-order valence-corrected chi connectivity index (χ0v) is 11.6. The fourth-order valence-corrected chi connectivity index (χ4v) is 1.99. The van der Waals surface area contributed by atoms with Crippen molar-refractivity contribution in [3.63, 3.8) is 0 Å². The van der Waals surface area contributed by atoms with Crippen LogP contribution in [0.2, 0.25) is 0 Å². The molecular formula is C13H22N2O4. The smallest absolute Gasteiger partial charge is 0.220 e. The van der Waals surface area contributed by atoms with Crippen LogP contribution in [0.3, 0.4) is 0 Å². The minimum absolute atomic E-state index is 0.0382. The molecule has 2 unspecified atom stereocenters. The molecule has 0 radical (unpaired) electrons. The second-order valence-corrected chi connectivity index (χ2v) is 5.23. The van der Waals surface area contributed by atoms with Gasteiger partial charge in [-0.2, -0.15) is 0 Å². The van der Waals surface area contributed by atoms with Crippen molar-refractivity contribution in [1.29, 1.82) is 0 Å². The van der Waals surface area contributed by atoms with Crippen LogP contribution in [0.1, 0.15) is 33.6 Å². The van der Waals surface area contributed by atoms with Crippen molar-refractivity contribution in [3.05, 3.63) is 0 Å². The van der Waals surface area contributed by atoms with E-state index in [1.54, 1.807) is 13.8 Å². The van der Waals surface area contributed by atoms with Crippen LogP contribution in [0.4, 0.5) is 0 Å². The van der Waals surface area contributed by atoms with Crippen LogP contribution in [-0.2, 0) is 19.1 Å². The highest BCUT2D eigenvalue weighted by Crippen LogP contribution is 2.17. The lowest BCUT2D eigenvalue weighted by Gasteiger charge is -2.18. The molecule has 1 aliphatic heterocycles. The molecular weight excluding hydrogens is 248 g/mol. The van der Waals surface area contributed by atoms with E-state index >= 15 is 0 Å². The van der Waals surface area contributed by atoms with E-state index in [4.69, 9.17) is 10.5 Å². The SMILES string of the molecule is CC(C(N)=O)[C@@H](C)CCC(=O)NC1C(=O)CO[C@H]1C. The fourth-order valence-electron chi connectivity index (χ4n) is 1.99. The molecule has 0 aromatic rings. The molecule has 1 saturated heterocycles. The van der Waals surface area contributed by atoms with Crippen molar-refractivity contribution in [3.8, 4) is 0 Å². The Balaban J connectivity index is 2.36. The van der Waals surface area contributed by atoms with Gasteiger partial charge in [-0.3, -0.25) is 14.4 Å². The zero-order chi connectivity index (χ0) is 14.6. The number of ketones is 1. The van der Waals surface area contributed by atoms with Gasteiger partial charge in [-0.25, -0.2) is 0 Å². The molecule has 2 amide bonds. The third kappa shape index (κ3) is 4.31. The summed E-state index contributed by atoms with van der Waals surface area (Å²) in [6, 6.07) is -0.545. The molecule has 4 atom stereocenters. The summed E-state index contributed by atoms with van der Waals surface area (Å²) in [5, 5.41) is 2.67. The van der Waals surface area contributed by atoms with E-state index in [9.17, 15) is 14.4 Å². The van der Waals surface area contributed by atoms with Crippen LogP contribution in [0.15, 0.2) is 0 Å². The summed E-state index contributed by atoms with van der Waals surface area (Å²) in [6.07, 6.45) is 0.555. The van der Waals surface area contributed by atoms with Crippen LogP contribution in [-0.4, -0.2) is 36.4 Å². The topological polar surface area (TPSA) is 98.5 Å². The van der Waals surface area contributed by atoms with Crippen LogP contribution < -0.4 is 11.1 Å². The number of ether oxygens (including phenoxy) is 1. The number of carbonyl (C=O) groups excluding carboxylic acids is 3. The molecule has 1 heterocycles. The van der Waals surface area contributed by atoms with E-state index in [-0.39, 0.29) is 48.6 Å². The summed E-state index contributed by atoms with van der Waals surface area (Å²) in [5.41, 5.74) is 5.21. The molecule has 108 valence electrons. The average molecular weight is 270 g/mol. The van der Waals surface area contributed by atoms with Crippen LogP contribution in [0.5, 0.6) is 0 Å². The van der Waals surface area contributed by atoms with E-state index in [0.717, 1.165) is 0 Å². The van der Waals surface area contributed by atoms with E-state index in [0.29, 0.717) is 6.42 Å². The highest BCUT2D eigenvalue weighted by atomic mass is 16.5. The predicted octanol–water partition coefficient (Wildman–Crippen LogP) is -0.00330. The summed E-state index contributed by atoms with van der Waals surface area (Å²) >= 11 is 0. The van der Waals surface area contributed by atoms with Gasteiger partial charge in [-0.15, -0.1) is 0 Å². The largest absolute Gasteiger partial charge is 0.369 e. The van der Waals surface area contributed by atoms with Gasteiger partial charge in [0.15, 0.2) is 5.78 Å². The molecule has 1 rings (SSSR count). The number of rotatable bonds is 6. The monoisotopic (exact) mass is 270 g/mol. The van der Waals surface area contributed by atoms with Crippen molar-refractivity contribution in [2.24, 2.45) is 17.6 Å². The maximum Gasteiger partial charge on any atom is 0.220 e. The number of amides is 2. The van der Waals surface area contributed by atoms with Crippen molar-refractivity contribution < 1.29 is 19.1 Å². The maximum absolute atomic E-state index is 11.8. The third-order valence-corrected chi connectivity index (χ3v) is 3.75. The van der Waals surface area contributed by atoms with Gasteiger partial charge in [0.05, 0.1) is 6.10 Å². The highest BCUT2D eigenvalue weighted by Gasteiger charge is 2.33. The van der Waals surface area contributed by atoms with Gasteiger partial charge in [0.1, 0.15) is 12.6 Å². The molecule has 0 spiro atoms.